The molecule has 2 aliphatic rings. The van der Waals surface area contributed by atoms with Crippen molar-refractivity contribution < 1.29 is 4.79 Å². The van der Waals surface area contributed by atoms with Crippen molar-refractivity contribution in [3.05, 3.63) is 24.3 Å². The van der Waals surface area contributed by atoms with Crippen LogP contribution in [-0.2, 0) is 4.79 Å². The maximum Gasteiger partial charge on any atom is 0.227 e. The average molecular weight is 286 g/mol. The SMILES string of the molecule is CC1(C)CCCC(Nc2cccc(NC(=O)C3CC3)c2)C1. The summed E-state index contributed by atoms with van der Waals surface area (Å²) in [6.45, 7) is 4.71. The molecule has 3 heteroatoms. The number of hydrogen-bond donors (Lipinski definition) is 2. The normalized spacial score (nSPS) is 24.4. The molecule has 1 aromatic rings. The van der Waals surface area contributed by atoms with Crippen LogP contribution in [0.5, 0.6) is 0 Å². The van der Waals surface area contributed by atoms with Crippen molar-refractivity contribution >= 4 is 17.3 Å². The lowest BCUT2D eigenvalue weighted by Crippen LogP contribution is -2.31. The molecule has 0 aromatic heterocycles. The van der Waals surface area contributed by atoms with Crippen molar-refractivity contribution in [1.29, 1.82) is 0 Å². The third-order valence-electron chi connectivity index (χ3n) is 4.65. The number of hydrogen-bond acceptors (Lipinski definition) is 2. The van der Waals surface area contributed by atoms with Crippen LogP contribution in [0.3, 0.4) is 0 Å². The van der Waals surface area contributed by atoms with Crippen molar-refractivity contribution in [2.75, 3.05) is 10.6 Å². The van der Waals surface area contributed by atoms with Crippen molar-refractivity contribution in [2.45, 2.75) is 58.4 Å². The number of carbonyl (C=O) groups excluding carboxylic acids is 1. The van der Waals surface area contributed by atoms with E-state index in [2.05, 4.69) is 36.6 Å². The first-order valence-electron chi connectivity index (χ1n) is 8.19. The number of rotatable bonds is 4. The topological polar surface area (TPSA) is 41.1 Å². The molecular weight excluding hydrogens is 260 g/mol. The van der Waals surface area contributed by atoms with E-state index in [4.69, 9.17) is 0 Å². The summed E-state index contributed by atoms with van der Waals surface area (Å²) in [7, 11) is 0. The Bertz CT molecular complexity index is 520. The second-order valence-corrected chi connectivity index (χ2v) is 7.45. The highest BCUT2D eigenvalue weighted by Gasteiger charge is 2.30. The fraction of sp³-hybridized carbons (Fsp3) is 0.611. The van der Waals surface area contributed by atoms with Crippen molar-refractivity contribution in [1.82, 2.24) is 0 Å². The molecule has 3 nitrogen and oxygen atoms in total. The van der Waals surface area contributed by atoms with Gasteiger partial charge < -0.3 is 10.6 Å². The molecule has 1 unspecified atom stereocenters. The molecule has 1 amide bonds. The second-order valence-electron chi connectivity index (χ2n) is 7.45. The van der Waals surface area contributed by atoms with Gasteiger partial charge in [-0.15, -0.1) is 0 Å². The average Bonchev–Trinajstić information content (AvgIpc) is 3.22. The van der Waals surface area contributed by atoms with Crippen LogP contribution in [0.2, 0.25) is 0 Å². The highest BCUT2D eigenvalue weighted by Crippen LogP contribution is 2.36. The molecule has 3 rings (SSSR count). The van der Waals surface area contributed by atoms with Gasteiger partial charge in [-0.3, -0.25) is 4.79 Å². The van der Waals surface area contributed by atoms with Gasteiger partial charge in [0, 0.05) is 23.3 Å². The first kappa shape index (κ1) is 14.4. The highest BCUT2D eigenvalue weighted by atomic mass is 16.2. The molecule has 0 heterocycles. The van der Waals surface area contributed by atoms with E-state index in [1.807, 2.05) is 12.1 Å². The van der Waals surface area contributed by atoms with Crippen LogP contribution in [0.25, 0.3) is 0 Å². The lowest BCUT2D eigenvalue weighted by molar-refractivity contribution is -0.117. The van der Waals surface area contributed by atoms with Crippen molar-refractivity contribution in [2.24, 2.45) is 11.3 Å². The van der Waals surface area contributed by atoms with Gasteiger partial charge in [-0.25, -0.2) is 0 Å². The summed E-state index contributed by atoms with van der Waals surface area (Å²) in [5, 5.41) is 6.66. The molecule has 0 aliphatic heterocycles. The van der Waals surface area contributed by atoms with E-state index >= 15 is 0 Å². The standard InChI is InChI=1S/C18H26N2O/c1-18(2)10-4-7-16(12-18)19-14-5-3-6-15(11-14)20-17(21)13-8-9-13/h3,5-6,11,13,16,19H,4,7-10,12H2,1-2H3,(H,20,21). The van der Waals surface area contributed by atoms with Gasteiger partial charge in [0.1, 0.15) is 0 Å². The predicted octanol–water partition coefficient (Wildman–Crippen LogP) is 4.42. The summed E-state index contributed by atoms with van der Waals surface area (Å²) in [5.74, 6) is 0.423. The molecule has 0 spiro atoms. The molecule has 1 aromatic carbocycles. The van der Waals surface area contributed by atoms with Crippen LogP contribution in [0.4, 0.5) is 11.4 Å². The van der Waals surface area contributed by atoms with Crippen LogP contribution in [0.15, 0.2) is 24.3 Å². The van der Waals surface area contributed by atoms with Gasteiger partial charge in [0.05, 0.1) is 0 Å². The summed E-state index contributed by atoms with van der Waals surface area (Å²) in [6, 6.07) is 8.67. The molecule has 114 valence electrons. The smallest absolute Gasteiger partial charge is 0.227 e. The summed E-state index contributed by atoms with van der Waals surface area (Å²) >= 11 is 0. The summed E-state index contributed by atoms with van der Waals surface area (Å²) in [5.41, 5.74) is 2.46. The molecule has 1 atom stereocenters. The first-order chi connectivity index (χ1) is 10.0. The molecule has 0 bridgehead atoms. The van der Waals surface area contributed by atoms with E-state index in [1.54, 1.807) is 0 Å². The van der Waals surface area contributed by atoms with Crippen molar-refractivity contribution in [3.8, 4) is 0 Å². The Balaban J connectivity index is 1.61. The number of amides is 1. The molecule has 2 fully saturated rings. The molecule has 2 aliphatic carbocycles. The first-order valence-corrected chi connectivity index (χ1v) is 8.19. The molecular formula is C18H26N2O. The minimum Gasteiger partial charge on any atom is -0.382 e. The maximum absolute atomic E-state index is 11.8. The molecule has 0 radical (unpaired) electrons. The zero-order valence-electron chi connectivity index (χ0n) is 13.1. The molecule has 21 heavy (non-hydrogen) atoms. The largest absolute Gasteiger partial charge is 0.382 e. The van der Waals surface area contributed by atoms with Gasteiger partial charge in [0.15, 0.2) is 0 Å². The van der Waals surface area contributed by atoms with Crippen molar-refractivity contribution in [3.63, 3.8) is 0 Å². The molecule has 2 N–H and O–H groups in total. The Kier molecular flexibility index (Phi) is 3.92. The van der Waals surface area contributed by atoms with Gasteiger partial charge in [-0.1, -0.05) is 26.3 Å². The van der Waals surface area contributed by atoms with Crippen LogP contribution in [-0.4, -0.2) is 11.9 Å². The van der Waals surface area contributed by atoms with E-state index in [0.29, 0.717) is 11.5 Å². The van der Waals surface area contributed by atoms with Crippen LogP contribution in [0, 0.1) is 11.3 Å². The highest BCUT2D eigenvalue weighted by molar-refractivity contribution is 5.94. The Morgan fingerprint density at radius 2 is 1.95 bits per heavy atom. The fourth-order valence-electron chi connectivity index (χ4n) is 3.33. The number of carbonyl (C=O) groups is 1. The van der Waals surface area contributed by atoms with Crippen LogP contribution < -0.4 is 10.6 Å². The third kappa shape index (κ3) is 3.99. The minimum absolute atomic E-state index is 0.172. The van der Waals surface area contributed by atoms with Gasteiger partial charge in [0.25, 0.3) is 0 Å². The van der Waals surface area contributed by atoms with E-state index in [0.717, 1.165) is 24.2 Å². The summed E-state index contributed by atoms with van der Waals surface area (Å²) in [6.07, 6.45) is 7.15. The molecule has 0 saturated heterocycles. The lowest BCUT2D eigenvalue weighted by atomic mass is 9.75. The number of anilines is 2. The Morgan fingerprint density at radius 3 is 2.67 bits per heavy atom. The van der Waals surface area contributed by atoms with E-state index in [1.165, 1.54) is 25.7 Å². The summed E-state index contributed by atoms with van der Waals surface area (Å²) < 4.78 is 0. The van der Waals surface area contributed by atoms with Gasteiger partial charge in [-0.2, -0.15) is 0 Å². The van der Waals surface area contributed by atoms with E-state index < -0.39 is 0 Å². The monoisotopic (exact) mass is 286 g/mol. The summed E-state index contributed by atoms with van der Waals surface area (Å²) in [4.78, 5) is 11.8. The zero-order valence-corrected chi connectivity index (χ0v) is 13.1. The Morgan fingerprint density at radius 1 is 1.19 bits per heavy atom. The lowest BCUT2D eigenvalue weighted by Gasteiger charge is -2.36. The van der Waals surface area contributed by atoms with E-state index in [-0.39, 0.29) is 11.8 Å². The quantitative estimate of drug-likeness (QED) is 0.860. The number of nitrogens with one attached hydrogen (secondary N) is 2. The van der Waals surface area contributed by atoms with Crippen LogP contribution >= 0.6 is 0 Å². The van der Waals surface area contributed by atoms with Gasteiger partial charge in [0.2, 0.25) is 5.91 Å². The van der Waals surface area contributed by atoms with Gasteiger partial charge in [-0.05, 0) is 55.7 Å². The zero-order chi connectivity index (χ0) is 14.9. The fourth-order valence-corrected chi connectivity index (χ4v) is 3.33. The second kappa shape index (κ2) is 5.70. The number of benzene rings is 1. The van der Waals surface area contributed by atoms with E-state index in [9.17, 15) is 4.79 Å². The maximum atomic E-state index is 11.8. The third-order valence-corrected chi connectivity index (χ3v) is 4.65. The Hall–Kier alpha value is -1.51. The Labute approximate surface area is 127 Å². The van der Waals surface area contributed by atoms with Crippen LogP contribution in [0.1, 0.15) is 52.4 Å². The van der Waals surface area contributed by atoms with Gasteiger partial charge >= 0.3 is 0 Å². The minimum atomic E-state index is 0.172. The molecule has 2 saturated carbocycles. The predicted molar refractivity (Wildman–Crippen MR) is 87.5 cm³/mol.